The van der Waals surface area contributed by atoms with Gasteiger partial charge >= 0.3 is 12.1 Å². The maximum absolute atomic E-state index is 11.9. The molecule has 0 radical (unpaired) electrons. The summed E-state index contributed by atoms with van der Waals surface area (Å²) < 4.78 is 5.12. The first-order chi connectivity index (χ1) is 11.9. The molecule has 0 aliphatic heterocycles. The third-order valence-electron chi connectivity index (χ3n) is 2.76. The van der Waals surface area contributed by atoms with E-state index in [0.717, 1.165) is 0 Å². The summed E-state index contributed by atoms with van der Waals surface area (Å²) in [5, 5.41) is 23.7. The van der Waals surface area contributed by atoms with E-state index < -0.39 is 12.1 Å². The minimum atomic E-state index is -0.833. The Kier molecular flexibility index (Phi) is 7.08. The van der Waals surface area contributed by atoms with Crippen LogP contribution in [0.15, 0.2) is 42.5 Å². The number of ether oxygens (including phenoxy) is 1. The van der Waals surface area contributed by atoms with E-state index in [1.54, 1.807) is 30.3 Å². The summed E-state index contributed by atoms with van der Waals surface area (Å²) in [5.41, 5.74) is 9.24. The van der Waals surface area contributed by atoms with Gasteiger partial charge in [-0.25, -0.2) is 9.59 Å². The number of nitriles is 1. The van der Waals surface area contributed by atoms with E-state index in [0.29, 0.717) is 11.4 Å². The SMILES string of the molecule is COc1ccccc1NC(=O)Nc1cccc(C#N)c1O.NC(N)=O. The van der Waals surface area contributed by atoms with Crippen LogP contribution in [0.4, 0.5) is 21.0 Å². The van der Waals surface area contributed by atoms with Crippen molar-refractivity contribution in [1.29, 1.82) is 5.26 Å². The van der Waals surface area contributed by atoms with Gasteiger partial charge in [-0.3, -0.25) is 0 Å². The number of rotatable bonds is 3. The van der Waals surface area contributed by atoms with Gasteiger partial charge in [0.05, 0.1) is 24.0 Å². The molecule has 0 atom stereocenters. The predicted molar refractivity (Wildman–Crippen MR) is 92.2 cm³/mol. The second kappa shape index (κ2) is 9.26. The number of aromatic hydroxyl groups is 1. The summed E-state index contributed by atoms with van der Waals surface area (Å²) >= 11 is 0. The first kappa shape index (κ1) is 19.1. The number of hydrogen-bond acceptors (Lipinski definition) is 5. The van der Waals surface area contributed by atoms with E-state index in [4.69, 9.17) is 14.8 Å². The van der Waals surface area contributed by atoms with Crippen molar-refractivity contribution in [3.63, 3.8) is 0 Å². The number of hydrogen-bond donors (Lipinski definition) is 5. The van der Waals surface area contributed by atoms with Gasteiger partial charge in [0.1, 0.15) is 11.8 Å². The van der Waals surface area contributed by atoms with Crippen LogP contribution in [0.1, 0.15) is 5.56 Å². The summed E-state index contributed by atoms with van der Waals surface area (Å²) in [7, 11) is 1.50. The number of nitrogens with zero attached hydrogens (tertiary/aromatic N) is 1. The van der Waals surface area contributed by atoms with E-state index in [9.17, 15) is 9.90 Å². The molecule has 4 amide bonds. The van der Waals surface area contributed by atoms with Gasteiger partial charge in [-0.2, -0.15) is 5.26 Å². The number of nitrogens with two attached hydrogens (primary N) is 2. The van der Waals surface area contributed by atoms with E-state index in [1.807, 2.05) is 6.07 Å². The van der Waals surface area contributed by atoms with Crippen LogP contribution >= 0.6 is 0 Å². The fraction of sp³-hybridized carbons (Fsp3) is 0.0625. The number of amides is 4. The number of benzene rings is 2. The highest BCUT2D eigenvalue weighted by Gasteiger charge is 2.11. The number of carbonyl (C=O) groups excluding carboxylic acids is 2. The number of anilines is 2. The van der Waals surface area contributed by atoms with E-state index in [-0.39, 0.29) is 17.0 Å². The largest absolute Gasteiger partial charge is 0.504 e. The average Bonchev–Trinajstić information content (AvgIpc) is 2.56. The molecule has 25 heavy (non-hydrogen) atoms. The summed E-state index contributed by atoms with van der Waals surface area (Å²) in [6, 6.07) is 11.9. The highest BCUT2D eigenvalue weighted by molar-refractivity contribution is 6.01. The molecule has 9 heteroatoms. The number of phenols is 1. The Labute approximate surface area is 143 Å². The first-order valence-electron chi connectivity index (χ1n) is 6.87. The van der Waals surface area contributed by atoms with Crippen LogP contribution in [0, 0.1) is 11.3 Å². The van der Waals surface area contributed by atoms with Crippen LogP contribution in [-0.2, 0) is 0 Å². The molecule has 0 unspecified atom stereocenters. The number of carbonyl (C=O) groups is 2. The van der Waals surface area contributed by atoms with E-state index in [1.165, 1.54) is 19.2 Å². The summed E-state index contributed by atoms with van der Waals surface area (Å²) in [6.07, 6.45) is 0. The van der Waals surface area contributed by atoms with Crippen LogP contribution in [0.5, 0.6) is 11.5 Å². The topological polar surface area (TPSA) is 163 Å². The number of phenolic OH excluding ortho intramolecular Hbond substituents is 1. The summed E-state index contributed by atoms with van der Waals surface area (Å²) in [5.74, 6) is 0.248. The maximum Gasteiger partial charge on any atom is 0.323 e. The minimum absolute atomic E-state index is 0.0880. The average molecular weight is 343 g/mol. The van der Waals surface area contributed by atoms with Gasteiger partial charge in [-0.15, -0.1) is 0 Å². The predicted octanol–water partition coefficient (Wildman–Crippen LogP) is 1.94. The molecule has 130 valence electrons. The molecule has 2 aromatic rings. The van der Waals surface area contributed by atoms with Gasteiger partial charge < -0.3 is 31.9 Å². The lowest BCUT2D eigenvalue weighted by atomic mass is 10.2. The molecule has 9 nitrogen and oxygen atoms in total. The lowest BCUT2D eigenvalue weighted by molar-refractivity contribution is 0.256. The zero-order valence-corrected chi connectivity index (χ0v) is 13.3. The van der Waals surface area contributed by atoms with Crippen LogP contribution in [0.25, 0.3) is 0 Å². The highest BCUT2D eigenvalue weighted by atomic mass is 16.5. The molecule has 0 saturated heterocycles. The van der Waals surface area contributed by atoms with Gasteiger partial charge in [-0.05, 0) is 24.3 Å². The minimum Gasteiger partial charge on any atom is -0.504 e. The number of para-hydroxylation sites is 3. The number of urea groups is 2. The van der Waals surface area contributed by atoms with Crippen LogP contribution in [0.3, 0.4) is 0 Å². The fourth-order valence-electron chi connectivity index (χ4n) is 1.76. The lowest BCUT2D eigenvalue weighted by Gasteiger charge is -2.12. The quantitative estimate of drug-likeness (QED) is 0.537. The third kappa shape index (κ3) is 5.99. The molecular weight excluding hydrogens is 326 g/mol. The Morgan fingerprint density at radius 1 is 1.08 bits per heavy atom. The zero-order valence-electron chi connectivity index (χ0n) is 13.3. The molecule has 0 fully saturated rings. The van der Waals surface area contributed by atoms with Gasteiger partial charge in [-0.1, -0.05) is 18.2 Å². The van der Waals surface area contributed by atoms with Crippen LogP contribution in [-0.4, -0.2) is 24.3 Å². The third-order valence-corrected chi connectivity index (χ3v) is 2.76. The Hall–Kier alpha value is -3.93. The smallest absolute Gasteiger partial charge is 0.323 e. The molecule has 7 N–H and O–H groups in total. The molecule has 0 bridgehead atoms. The summed E-state index contributed by atoms with van der Waals surface area (Å²) in [4.78, 5) is 20.9. The van der Waals surface area contributed by atoms with Gasteiger partial charge in [0, 0.05) is 0 Å². The molecular formula is C16H17N5O4. The van der Waals surface area contributed by atoms with Crippen LogP contribution < -0.4 is 26.8 Å². The van der Waals surface area contributed by atoms with Crippen molar-refractivity contribution in [2.24, 2.45) is 11.5 Å². The normalized spacial score (nSPS) is 8.96. The Morgan fingerprint density at radius 2 is 1.64 bits per heavy atom. The first-order valence-corrected chi connectivity index (χ1v) is 6.87. The molecule has 0 saturated carbocycles. The van der Waals surface area contributed by atoms with Crippen molar-refractivity contribution < 1.29 is 19.4 Å². The number of methoxy groups -OCH3 is 1. The molecule has 0 aliphatic carbocycles. The van der Waals surface area contributed by atoms with Crippen LogP contribution in [0.2, 0.25) is 0 Å². The fourth-order valence-corrected chi connectivity index (χ4v) is 1.76. The Balaban J connectivity index is 0.000000705. The van der Waals surface area contributed by atoms with Crippen molar-refractivity contribution in [3.05, 3.63) is 48.0 Å². The van der Waals surface area contributed by atoms with E-state index >= 15 is 0 Å². The van der Waals surface area contributed by atoms with Crippen molar-refractivity contribution in [2.45, 2.75) is 0 Å². The van der Waals surface area contributed by atoms with Crippen molar-refractivity contribution in [2.75, 3.05) is 17.7 Å². The molecule has 0 heterocycles. The summed E-state index contributed by atoms with van der Waals surface area (Å²) in [6.45, 7) is 0. The van der Waals surface area contributed by atoms with Crippen molar-refractivity contribution >= 4 is 23.4 Å². The standard InChI is InChI=1S/C15H13N3O3.CH4N2O/c1-21-13-8-3-2-6-11(13)17-15(20)18-12-7-4-5-10(9-16)14(12)19;2-1(3)4/h2-8,19H,1H3,(H2,17,18,20);(H4,2,3,4). The van der Waals surface area contributed by atoms with Crippen molar-refractivity contribution in [1.82, 2.24) is 0 Å². The second-order valence-electron chi connectivity index (χ2n) is 4.50. The molecule has 0 aromatic heterocycles. The van der Waals surface area contributed by atoms with Gasteiger partial charge in [0.25, 0.3) is 0 Å². The second-order valence-corrected chi connectivity index (χ2v) is 4.50. The van der Waals surface area contributed by atoms with Crippen molar-refractivity contribution in [3.8, 4) is 17.6 Å². The highest BCUT2D eigenvalue weighted by Crippen LogP contribution is 2.27. The molecule has 0 aliphatic rings. The lowest BCUT2D eigenvalue weighted by Crippen LogP contribution is -2.19. The molecule has 2 rings (SSSR count). The van der Waals surface area contributed by atoms with Gasteiger partial charge in [0.15, 0.2) is 5.75 Å². The molecule has 0 spiro atoms. The van der Waals surface area contributed by atoms with Gasteiger partial charge in [0.2, 0.25) is 0 Å². The molecule has 2 aromatic carbocycles. The van der Waals surface area contributed by atoms with E-state index in [2.05, 4.69) is 22.1 Å². The number of nitrogens with one attached hydrogen (secondary N) is 2. The monoisotopic (exact) mass is 343 g/mol. The maximum atomic E-state index is 11.9. The Morgan fingerprint density at radius 3 is 2.24 bits per heavy atom. The number of primary amides is 2. The zero-order chi connectivity index (χ0) is 18.8. The Bertz CT molecular complexity index is 797.